The molecule has 35 heavy (non-hydrogen) atoms. The molecule has 176 valence electrons. The van der Waals surface area contributed by atoms with Crippen molar-refractivity contribution in [3.8, 4) is 22.5 Å². The van der Waals surface area contributed by atoms with E-state index in [2.05, 4.69) is 87.7 Å². The van der Waals surface area contributed by atoms with E-state index < -0.39 is 0 Å². The molecule has 0 atom stereocenters. The summed E-state index contributed by atoms with van der Waals surface area (Å²) in [5.41, 5.74) is 8.19. The molecule has 4 rings (SSSR count). The Kier molecular flexibility index (Phi) is 9.05. The number of nitrogens with zero attached hydrogens (tertiary/aromatic N) is 3. The van der Waals surface area contributed by atoms with Crippen molar-refractivity contribution < 1.29 is 0 Å². The Morgan fingerprint density at radius 3 is 2.14 bits per heavy atom. The SMILES string of the molecule is CCCCCCc1cnc(-c2ccc(CCc3ccccc3-c3ccc(N=C=S)cc3)cc2)nc1. The summed E-state index contributed by atoms with van der Waals surface area (Å²) in [6, 6.07) is 25.4. The van der Waals surface area contributed by atoms with Crippen molar-refractivity contribution in [2.45, 2.75) is 51.9 Å². The van der Waals surface area contributed by atoms with Crippen LogP contribution in [0.25, 0.3) is 22.5 Å². The van der Waals surface area contributed by atoms with Gasteiger partial charge in [0, 0.05) is 18.0 Å². The first-order valence-electron chi connectivity index (χ1n) is 12.4. The molecular formula is C31H31N3S. The molecular weight excluding hydrogens is 446 g/mol. The molecule has 0 spiro atoms. The summed E-state index contributed by atoms with van der Waals surface area (Å²) in [7, 11) is 0. The molecule has 1 aromatic heterocycles. The van der Waals surface area contributed by atoms with Crippen LogP contribution in [0.5, 0.6) is 0 Å². The van der Waals surface area contributed by atoms with Crippen molar-refractivity contribution in [3.63, 3.8) is 0 Å². The summed E-state index contributed by atoms with van der Waals surface area (Å²) < 4.78 is 0. The average Bonchev–Trinajstić information content (AvgIpc) is 2.91. The summed E-state index contributed by atoms with van der Waals surface area (Å²) in [5, 5.41) is 2.42. The van der Waals surface area contributed by atoms with E-state index in [4.69, 9.17) is 12.2 Å². The van der Waals surface area contributed by atoms with Gasteiger partial charge in [-0.25, -0.2) is 9.97 Å². The number of hydrogen-bond donors (Lipinski definition) is 0. The average molecular weight is 478 g/mol. The molecule has 0 N–H and O–H groups in total. The third-order valence-electron chi connectivity index (χ3n) is 6.29. The first kappa shape index (κ1) is 24.7. The predicted octanol–water partition coefficient (Wildman–Crippen LogP) is 8.45. The van der Waals surface area contributed by atoms with Crippen LogP contribution in [0.15, 0.2) is 90.2 Å². The lowest BCUT2D eigenvalue weighted by Crippen LogP contribution is -1.96. The van der Waals surface area contributed by atoms with Gasteiger partial charge in [0.2, 0.25) is 0 Å². The number of thiocarbonyl (C=S) groups is 1. The van der Waals surface area contributed by atoms with Gasteiger partial charge in [-0.2, -0.15) is 4.99 Å². The van der Waals surface area contributed by atoms with Crippen LogP contribution in [-0.2, 0) is 19.3 Å². The molecule has 3 nitrogen and oxygen atoms in total. The number of hydrogen-bond acceptors (Lipinski definition) is 4. The van der Waals surface area contributed by atoms with E-state index in [0.29, 0.717) is 0 Å². The summed E-state index contributed by atoms with van der Waals surface area (Å²) in [6.07, 6.45) is 12.0. The highest BCUT2D eigenvalue weighted by Gasteiger charge is 2.07. The molecule has 1 heterocycles. The maximum Gasteiger partial charge on any atom is 0.159 e. The quantitative estimate of drug-likeness (QED) is 0.124. The Hall–Kier alpha value is -3.46. The fourth-order valence-electron chi connectivity index (χ4n) is 4.28. The maximum atomic E-state index is 4.70. The van der Waals surface area contributed by atoms with Crippen LogP contribution in [0.2, 0.25) is 0 Å². The van der Waals surface area contributed by atoms with Crippen molar-refractivity contribution in [3.05, 3.63) is 102 Å². The topological polar surface area (TPSA) is 38.1 Å². The van der Waals surface area contributed by atoms with E-state index in [-0.39, 0.29) is 0 Å². The fourth-order valence-corrected chi connectivity index (χ4v) is 4.38. The number of aromatic nitrogens is 2. The second kappa shape index (κ2) is 12.9. The lowest BCUT2D eigenvalue weighted by atomic mass is 9.95. The molecule has 0 amide bonds. The van der Waals surface area contributed by atoms with Gasteiger partial charge in [0.25, 0.3) is 0 Å². The monoisotopic (exact) mass is 477 g/mol. The Morgan fingerprint density at radius 1 is 0.714 bits per heavy atom. The van der Waals surface area contributed by atoms with Crippen molar-refractivity contribution in [1.82, 2.24) is 9.97 Å². The standard InChI is InChI=1S/C31H31N3S/c1-2-3-4-5-8-25-21-32-31(33-22-25)28-15-12-24(13-16-28)11-14-26-9-6-7-10-30(26)27-17-19-29(20-18-27)34-23-35/h6-7,9-10,12-13,15-22H,2-5,8,11,14H2,1H3. The van der Waals surface area contributed by atoms with Crippen molar-refractivity contribution >= 4 is 23.1 Å². The van der Waals surface area contributed by atoms with Crippen LogP contribution in [0, 0.1) is 0 Å². The lowest BCUT2D eigenvalue weighted by Gasteiger charge is -2.10. The zero-order valence-electron chi connectivity index (χ0n) is 20.3. The smallest absolute Gasteiger partial charge is 0.159 e. The number of aliphatic imine (C=N–C) groups is 1. The van der Waals surface area contributed by atoms with Crippen molar-refractivity contribution in [2.75, 3.05) is 0 Å². The van der Waals surface area contributed by atoms with Crippen LogP contribution >= 0.6 is 12.2 Å². The second-order valence-corrected chi connectivity index (χ2v) is 9.01. The van der Waals surface area contributed by atoms with Crippen molar-refractivity contribution in [2.24, 2.45) is 4.99 Å². The summed E-state index contributed by atoms with van der Waals surface area (Å²) in [6.45, 7) is 2.24. The molecule has 0 fully saturated rings. The fraction of sp³-hybridized carbons (Fsp3) is 0.258. The number of unbranched alkanes of at least 4 members (excludes halogenated alkanes) is 3. The molecule has 0 aliphatic rings. The van der Waals surface area contributed by atoms with E-state index in [0.717, 1.165) is 36.3 Å². The molecule has 0 saturated heterocycles. The first-order valence-corrected chi connectivity index (χ1v) is 12.8. The molecule has 0 aliphatic heterocycles. The highest BCUT2D eigenvalue weighted by Crippen LogP contribution is 2.27. The van der Waals surface area contributed by atoms with Gasteiger partial charge in [-0.1, -0.05) is 86.8 Å². The van der Waals surface area contributed by atoms with Gasteiger partial charge in [-0.05, 0) is 77.9 Å². The van der Waals surface area contributed by atoms with Crippen LogP contribution in [0.4, 0.5) is 5.69 Å². The molecule has 4 aromatic rings. The van der Waals surface area contributed by atoms with Gasteiger partial charge in [-0.15, -0.1) is 0 Å². The molecule has 4 heteroatoms. The van der Waals surface area contributed by atoms with Crippen LogP contribution < -0.4 is 0 Å². The predicted molar refractivity (Wildman–Crippen MR) is 149 cm³/mol. The Morgan fingerprint density at radius 2 is 1.43 bits per heavy atom. The molecule has 0 aliphatic carbocycles. The number of isothiocyanates is 1. The van der Waals surface area contributed by atoms with Crippen LogP contribution in [0.1, 0.15) is 49.3 Å². The summed E-state index contributed by atoms with van der Waals surface area (Å²) in [5.74, 6) is 0.792. The van der Waals surface area contributed by atoms with Gasteiger partial charge < -0.3 is 0 Å². The second-order valence-electron chi connectivity index (χ2n) is 8.83. The zero-order valence-corrected chi connectivity index (χ0v) is 21.1. The van der Waals surface area contributed by atoms with E-state index in [9.17, 15) is 0 Å². The lowest BCUT2D eigenvalue weighted by molar-refractivity contribution is 0.665. The van der Waals surface area contributed by atoms with Gasteiger partial charge in [-0.3, -0.25) is 0 Å². The maximum absolute atomic E-state index is 4.70. The van der Waals surface area contributed by atoms with E-state index in [1.54, 1.807) is 0 Å². The largest absolute Gasteiger partial charge is 0.236 e. The van der Waals surface area contributed by atoms with Crippen LogP contribution in [-0.4, -0.2) is 15.1 Å². The molecule has 0 bridgehead atoms. The van der Waals surface area contributed by atoms with E-state index in [1.807, 2.05) is 24.5 Å². The van der Waals surface area contributed by atoms with Crippen LogP contribution in [0.3, 0.4) is 0 Å². The summed E-state index contributed by atoms with van der Waals surface area (Å²) in [4.78, 5) is 13.3. The van der Waals surface area contributed by atoms with Crippen molar-refractivity contribution in [1.29, 1.82) is 0 Å². The molecule has 0 unspecified atom stereocenters. The third-order valence-corrected chi connectivity index (χ3v) is 6.38. The Bertz CT molecular complexity index is 1260. The molecule has 0 radical (unpaired) electrons. The number of aryl methyl sites for hydroxylation is 3. The van der Waals surface area contributed by atoms with Gasteiger partial charge in [0.15, 0.2) is 5.82 Å². The zero-order chi connectivity index (χ0) is 24.3. The number of rotatable bonds is 11. The highest BCUT2D eigenvalue weighted by atomic mass is 32.1. The summed E-state index contributed by atoms with van der Waals surface area (Å²) >= 11 is 4.70. The molecule has 3 aromatic carbocycles. The highest BCUT2D eigenvalue weighted by molar-refractivity contribution is 7.78. The Labute approximate surface area is 214 Å². The Balaban J connectivity index is 1.38. The minimum atomic E-state index is 0.792. The van der Waals surface area contributed by atoms with Gasteiger partial charge in [0.05, 0.1) is 10.8 Å². The third kappa shape index (κ3) is 7.02. The number of benzene rings is 3. The minimum Gasteiger partial charge on any atom is -0.236 e. The first-order chi connectivity index (χ1) is 17.3. The van der Waals surface area contributed by atoms with Gasteiger partial charge >= 0.3 is 0 Å². The van der Waals surface area contributed by atoms with E-state index in [1.165, 1.54) is 53.5 Å². The molecule has 0 saturated carbocycles. The minimum absolute atomic E-state index is 0.792. The van der Waals surface area contributed by atoms with Gasteiger partial charge in [0.1, 0.15) is 0 Å². The normalized spacial score (nSPS) is 10.7. The van der Waals surface area contributed by atoms with E-state index >= 15 is 0 Å².